The molecule has 1 rings (SSSR count). The van der Waals surface area contributed by atoms with Crippen LogP contribution < -0.4 is 10.1 Å². The molecule has 0 aromatic heterocycles. The molecule has 0 unspecified atom stereocenters. The second-order valence-corrected chi connectivity index (χ2v) is 3.23. The summed E-state index contributed by atoms with van der Waals surface area (Å²) in [6, 6.07) is 2.78. The standard InChI is InChI=1S/C10H11FN2O5/c11-7-1-2-9(8(5-7)13(16)17)18-6-10(15)12-3-4-14/h1-2,5,14H,3-4,6H2,(H,12,15). The number of aliphatic hydroxyl groups excluding tert-OH is 1. The first-order chi connectivity index (χ1) is 8.54. The Balaban J connectivity index is 2.67. The maximum atomic E-state index is 12.8. The van der Waals surface area contributed by atoms with Gasteiger partial charge in [0.15, 0.2) is 12.4 Å². The molecule has 7 nitrogen and oxygen atoms in total. The molecule has 0 atom stereocenters. The zero-order valence-electron chi connectivity index (χ0n) is 9.26. The van der Waals surface area contributed by atoms with E-state index in [0.717, 1.165) is 12.1 Å². The van der Waals surface area contributed by atoms with Gasteiger partial charge >= 0.3 is 5.69 Å². The van der Waals surface area contributed by atoms with Gasteiger partial charge in [-0.15, -0.1) is 0 Å². The van der Waals surface area contributed by atoms with Crippen molar-refractivity contribution in [1.29, 1.82) is 0 Å². The molecule has 0 saturated carbocycles. The van der Waals surface area contributed by atoms with E-state index < -0.39 is 28.9 Å². The van der Waals surface area contributed by atoms with Crippen molar-refractivity contribution in [2.75, 3.05) is 19.8 Å². The van der Waals surface area contributed by atoms with Crippen LogP contribution in [0.15, 0.2) is 18.2 Å². The molecule has 0 aliphatic carbocycles. The van der Waals surface area contributed by atoms with Crippen molar-refractivity contribution in [3.8, 4) is 5.75 Å². The lowest BCUT2D eigenvalue weighted by Crippen LogP contribution is -2.31. The highest BCUT2D eigenvalue weighted by Gasteiger charge is 2.17. The third-order valence-electron chi connectivity index (χ3n) is 1.91. The summed E-state index contributed by atoms with van der Waals surface area (Å²) < 4.78 is 17.7. The molecule has 1 aromatic carbocycles. The average Bonchev–Trinajstić information content (AvgIpc) is 2.34. The maximum absolute atomic E-state index is 12.8. The van der Waals surface area contributed by atoms with Gasteiger partial charge in [0.1, 0.15) is 5.82 Å². The molecule has 18 heavy (non-hydrogen) atoms. The van der Waals surface area contributed by atoms with E-state index in [-0.39, 0.29) is 18.9 Å². The van der Waals surface area contributed by atoms with Crippen molar-refractivity contribution in [3.05, 3.63) is 34.1 Å². The number of rotatable bonds is 6. The van der Waals surface area contributed by atoms with Crippen molar-refractivity contribution in [1.82, 2.24) is 5.32 Å². The van der Waals surface area contributed by atoms with Gasteiger partial charge in [-0.1, -0.05) is 0 Å². The van der Waals surface area contributed by atoms with E-state index in [0.29, 0.717) is 6.07 Å². The highest BCUT2D eigenvalue weighted by Crippen LogP contribution is 2.27. The summed E-state index contributed by atoms with van der Waals surface area (Å²) in [7, 11) is 0. The normalized spacial score (nSPS) is 9.89. The van der Waals surface area contributed by atoms with Crippen LogP contribution in [0.1, 0.15) is 0 Å². The summed E-state index contributed by atoms with van der Waals surface area (Å²) in [5, 5.41) is 21.4. The van der Waals surface area contributed by atoms with Gasteiger partial charge in [0.05, 0.1) is 17.6 Å². The Bertz CT molecular complexity index is 452. The van der Waals surface area contributed by atoms with E-state index >= 15 is 0 Å². The first-order valence-electron chi connectivity index (χ1n) is 4.99. The maximum Gasteiger partial charge on any atom is 0.313 e. The minimum Gasteiger partial charge on any atom is -0.477 e. The first kappa shape index (κ1) is 13.8. The molecule has 0 aliphatic heterocycles. The molecule has 0 fully saturated rings. The monoisotopic (exact) mass is 258 g/mol. The predicted octanol–water partition coefficient (Wildman–Crippen LogP) is 0.221. The minimum atomic E-state index is -0.802. The van der Waals surface area contributed by atoms with E-state index in [9.17, 15) is 19.3 Å². The van der Waals surface area contributed by atoms with Crippen LogP contribution in [0.3, 0.4) is 0 Å². The highest BCUT2D eigenvalue weighted by atomic mass is 19.1. The smallest absolute Gasteiger partial charge is 0.313 e. The molecule has 0 bridgehead atoms. The van der Waals surface area contributed by atoms with Crippen LogP contribution in [0.25, 0.3) is 0 Å². The molecule has 2 N–H and O–H groups in total. The van der Waals surface area contributed by atoms with Crippen molar-refractivity contribution in [2.24, 2.45) is 0 Å². The van der Waals surface area contributed by atoms with E-state index in [2.05, 4.69) is 5.32 Å². The Labute approximate surface area is 101 Å². The Morgan fingerprint density at radius 1 is 1.56 bits per heavy atom. The largest absolute Gasteiger partial charge is 0.477 e. The fraction of sp³-hybridized carbons (Fsp3) is 0.300. The third-order valence-corrected chi connectivity index (χ3v) is 1.91. The lowest BCUT2D eigenvalue weighted by atomic mass is 10.3. The summed E-state index contributed by atoms with van der Waals surface area (Å²) in [5.74, 6) is -1.50. The number of halogens is 1. The van der Waals surface area contributed by atoms with Crippen LogP contribution in [0.4, 0.5) is 10.1 Å². The van der Waals surface area contributed by atoms with Crippen LogP contribution in [0.5, 0.6) is 5.75 Å². The molecule has 0 spiro atoms. The second kappa shape index (κ2) is 6.50. The van der Waals surface area contributed by atoms with Crippen LogP contribution in [-0.4, -0.2) is 35.7 Å². The number of nitro groups is 1. The average molecular weight is 258 g/mol. The number of carbonyl (C=O) groups excluding carboxylic acids is 1. The number of carbonyl (C=O) groups is 1. The minimum absolute atomic E-state index is 0.0632. The Morgan fingerprint density at radius 3 is 2.89 bits per heavy atom. The van der Waals surface area contributed by atoms with Gasteiger partial charge in [0.25, 0.3) is 5.91 Å². The SMILES string of the molecule is O=C(COc1ccc(F)cc1[N+](=O)[O-])NCCO. The zero-order chi connectivity index (χ0) is 13.5. The number of ether oxygens (including phenoxy) is 1. The van der Waals surface area contributed by atoms with Crippen LogP contribution in [0.2, 0.25) is 0 Å². The molecule has 0 heterocycles. The Kier molecular flexibility index (Phi) is 5.00. The molecule has 98 valence electrons. The van der Waals surface area contributed by atoms with Crippen molar-refractivity contribution < 1.29 is 24.0 Å². The summed E-state index contributed by atoms with van der Waals surface area (Å²) in [6.07, 6.45) is 0. The van der Waals surface area contributed by atoms with Crippen molar-refractivity contribution in [2.45, 2.75) is 0 Å². The number of hydrogen-bond donors (Lipinski definition) is 2. The van der Waals surface area contributed by atoms with Gasteiger partial charge < -0.3 is 15.2 Å². The van der Waals surface area contributed by atoms with E-state index in [1.807, 2.05) is 0 Å². The van der Waals surface area contributed by atoms with Crippen LogP contribution in [-0.2, 0) is 4.79 Å². The fourth-order valence-electron chi connectivity index (χ4n) is 1.14. The molecular formula is C10H11FN2O5. The fourth-order valence-corrected chi connectivity index (χ4v) is 1.14. The third kappa shape index (κ3) is 3.98. The first-order valence-corrected chi connectivity index (χ1v) is 4.99. The van der Waals surface area contributed by atoms with Gasteiger partial charge in [-0.05, 0) is 12.1 Å². The summed E-state index contributed by atoms with van der Waals surface area (Å²) in [6.45, 7) is -0.609. The molecule has 0 radical (unpaired) electrons. The van der Waals surface area contributed by atoms with Gasteiger partial charge in [-0.25, -0.2) is 4.39 Å². The molecule has 1 amide bonds. The van der Waals surface area contributed by atoms with Gasteiger partial charge in [-0.2, -0.15) is 0 Å². The summed E-state index contributed by atoms with van der Waals surface area (Å²) in [4.78, 5) is 20.9. The van der Waals surface area contributed by atoms with Gasteiger partial charge in [0, 0.05) is 6.54 Å². The van der Waals surface area contributed by atoms with Crippen molar-refractivity contribution in [3.63, 3.8) is 0 Å². The number of benzene rings is 1. The summed E-state index contributed by atoms with van der Waals surface area (Å²) >= 11 is 0. The quantitative estimate of drug-likeness (QED) is 0.561. The van der Waals surface area contributed by atoms with E-state index in [4.69, 9.17) is 9.84 Å². The van der Waals surface area contributed by atoms with E-state index in [1.165, 1.54) is 0 Å². The Hall–Kier alpha value is -2.22. The molecule has 1 aromatic rings. The number of nitrogens with zero attached hydrogens (tertiary/aromatic N) is 1. The van der Waals surface area contributed by atoms with Crippen LogP contribution >= 0.6 is 0 Å². The van der Waals surface area contributed by atoms with Gasteiger partial charge in [0.2, 0.25) is 0 Å². The predicted molar refractivity (Wildman–Crippen MR) is 58.6 cm³/mol. The molecule has 8 heteroatoms. The lowest BCUT2D eigenvalue weighted by molar-refractivity contribution is -0.386. The molecule has 0 saturated heterocycles. The van der Waals surface area contributed by atoms with Crippen LogP contribution in [0, 0.1) is 15.9 Å². The number of nitrogens with one attached hydrogen (secondary N) is 1. The topological polar surface area (TPSA) is 102 Å². The zero-order valence-corrected chi connectivity index (χ0v) is 9.26. The number of amides is 1. The summed E-state index contributed by atoms with van der Waals surface area (Å²) in [5.41, 5.74) is -0.551. The van der Waals surface area contributed by atoms with Gasteiger partial charge in [-0.3, -0.25) is 14.9 Å². The molecular weight excluding hydrogens is 247 g/mol. The highest BCUT2D eigenvalue weighted by molar-refractivity contribution is 5.77. The molecule has 0 aliphatic rings. The number of aliphatic hydroxyl groups is 1. The van der Waals surface area contributed by atoms with E-state index in [1.54, 1.807) is 0 Å². The lowest BCUT2D eigenvalue weighted by Gasteiger charge is -2.06. The van der Waals surface area contributed by atoms with Crippen molar-refractivity contribution >= 4 is 11.6 Å². The second-order valence-electron chi connectivity index (χ2n) is 3.23. The Morgan fingerprint density at radius 2 is 2.28 bits per heavy atom. The number of nitro benzene ring substituents is 1. The number of hydrogen-bond acceptors (Lipinski definition) is 5.